The molecular formula is C17H27NO4. The van der Waals surface area contributed by atoms with Crippen LogP contribution in [0, 0.1) is 11.8 Å². The summed E-state index contributed by atoms with van der Waals surface area (Å²) in [5.41, 5.74) is -2.11. The Bertz CT molecular complexity index is 471. The molecule has 22 heavy (non-hydrogen) atoms. The molecule has 0 aromatic rings. The van der Waals surface area contributed by atoms with E-state index in [-0.39, 0.29) is 17.7 Å². The number of aliphatic hydroxyl groups is 1. The first-order valence-electron chi connectivity index (χ1n) is 8.71. The van der Waals surface area contributed by atoms with Crippen molar-refractivity contribution in [1.82, 2.24) is 5.32 Å². The van der Waals surface area contributed by atoms with Crippen LogP contribution in [0.5, 0.6) is 0 Å². The molecular weight excluding hydrogens is 282 g/mol. The lowest BCUT2D eigenvalue weighted by Crippen LogP contribution is -2.80. The SMILES string of the molecule is CCCCC1C(=O)NC2(C(O)C3CCCCC3)C(=O)OC12C. The normalized spacial score (nSPS) is 39.7. The first-order chi connectivity index (χ1) is 10.5. The molecule has 1 amide bonds. The fourth-order valence-corrected chi connectivity index (χ4v) is 4.67. The topological polar surface area (TPSA) is 75.6 Å². The Kier molecular flexibility index (Phi) is 3.96. The van der Waals surface area contributed by atoms with Crippen LogP contribution in [0.2, 0.25) is 0 Å². The highest BCUT2D eigenvalue weighted by molar-refractivity contribution is 6.01. The Balaban J connectivity index is 1.86. The van der Waals surface area contributed by atoms with Gasteiger partial charge >= 0.3 is 5.97 Å². The second-order valence-electron chi connectivity index (χ2n) is 7.33. The van der Waals surface area contributed by atoms with Crippen LogP contribution in [0.15, 0.2) is 0 Å². The monoisotopic (exact) mass is 309 g/mol. The van der Waals surface area contributed by atoms with Gasteiger partial charge in [0.15, 0.2) is 5.60 Å². The second kappa shape index (κ2) is 5.52. The molecule has 0 radical (unpaired) electrons. The zero-order chi connectivity index (χ0) is 16.0. The largest absolute Gasteiger partial charge is 0.453 e. The highest BCUT2D eigenvalue weighted by atomic mass is 16.6. The van der Waals surface area contributed by atoms with Crippen molar-refractivity contribution in [3.63, 3.8) is 0 Å². The Morgan fingerprint density at radius 2 is 2.00 bits per heavy atom. The zero-order valence-corrected chi connectivity index (χ0v) is 13.6. The lowest BCUT2D eigenvalue weighted by atomic mass is 9.63. The highest BCUT2D eigenvalue weighted by Crippen LogP contribution is 2.54. The van der Waals surface area contributed by atoms with Gasteiger partial charge in [-0.25, -0.2) is 4.79 Å². The van der Waals surface area contributed by atoms with E-state index >= 15 is 0 Å². The van der Waals surface area contributed by atoms with Gasteiger partial charge in [-0.2, -0.15) is 0 Å². The average Bonchev–Trinajstić information content (AvgIpc) is 2.69. The third kappa shape index (κ3) is 1.94. The maximum Gasteiger partial charge on any atom is 0.339 e. The predicted octanol–water partition coefficient (Wildman–Crippen LogP) is 1.92. The molecule has 0 aromatic heterocycles. The van der Waals surface area contributed by atoms with Crippen molar-refractivity contribution in [2.45, 2.75) is 82.5 Å². The molecule has 0 spiro atoms. The van der Waals surface area contributed by atoms with E-state index in [4.69, 9.17) is 4.74 Å². The van der Waals surface area contributed by atoms with Crippen LogP contribution in [-0.2, 0) is 14.3 Å². The van der Waals surface area contributed by atoms with Crippen LogP contribution in [-0.4, -0.2) is 34.2 Å². The molecule has 2 aliphatic heterocycles. The number of amides is 1. The van der Waals surface area contributed by atoms with Crippen LogP contribution in [0.3, 0.4) is 0 Å². The number of fused-ring (bicyclic) bond motifs is 1. The molecule has 2 heterocycles. The molecule has 0 aromatic carbocycles. The molecule has 4 unspecified atom stereocenters. The van der Waals surface area contributed by atoms with E-state index in [0.717, 1.165) is 38.5 Å². The van der Waals surface area contributed by atoms with E-state index in [1.807, 2.05) is 6.92 Å². The maximum atomic E-state index is 12.4. The summed E-state index contributed by atoms with van der Waals surface area (Å²) in [6, 6.07) is 0. The van der Waals surface area contributed by atoms with Gasteiger partial charge in [0, 0.05) is 0 Å². The summed E-state index contributed by atoms with van der Waals surface area (Å²) in [4.78, 5) is 24.7. The van der Waals surface area contributed by atoms with Crippen LogP contribution >= 0.6 is 0 Å². The maximum absolute atomic E-state index is 12.4. The van der Waals surface area contributed by atoms with E-state index in [9.17, 15) is 14.7 Å². The van der Waals surface area contributed by atoms with Gasteiger partial charge in [-0.15, -0.1) is 0 Å². The van der Waals surface area contributed by atoms with Crippen LogP contribution in [0.4, 0.5) is 0 Å². The van der Waals surface area contributed by atoms with E-state index in [2.05, 4.69) is 12.2 Å². The number of nitrogens with one attached hydrogen (secondary N) is 1. The lowest BCUT2D eigenvalue weighted by molar-refractivity contribution is -0.240. The molecule has 1 saturated carbocycles. The summed E-state index contributed by atoms with van der Waals surface area (Å²) in [5, 5.41) is 13.8. The number of hydrogen-bond acceptors (Lipinski definition) is 4. The third-order valence-electron chi connectivity index (χ3n) is 6.10. The van der Waals surface area contributed by atoms with Gasteiger partial charge < -0.3 is 15.2 Å². The minimum absolute atomic E-state index is 0.0751. The number of carbonyl (C=O) groups is 2. The van der Waals surface area contributed by atoms with Crippen LogP contribution < -0.4 is 5.32 Å². The molecule has 3 aliphatic rings. The summed E-state index contributed by atoms with van der Waals surface area (Å²) in [5.74, 6) is -0.869. The van der Waals surface area contributed by atoms with E-state index in [1.165, 1.54) is 6.42 Å². The minimum Gasteiger partial charge on any atom is -0.453 e. The number of ether oxygens (including phenoxy) is 1. The Labute approximate surface area is 131 Å². The summed E-state index contributed by atoms with van der Waals surface area (Å²) in [7, 11) is 0. The first-order valence-corrected chi connectivity index (χ1v) is 8.71. The van der Waals surface area contributed by atoms with Gasteiger partial charge in [0.25, 0.3) is 0 Å². The van der Waals surface area contributed by atoms with Crippen molar-refractivity contribution in [1.29, 1.82) is 0 Å². The van der Waals surface area contributed by atoms with E-state index < -0.39 is 23.2 Å². The van der Waals surface area contributed by atoms with Gasteiger partial charge in [0.2, 0.25) is 11.4 Å². The van der Waals surface area contributed by atoms with Crippen molar-refractivity contribution < 1.29 is 19.4 Å². The summed E-state index contributed by atoms with van der Waals surface area (Å²) in [6.07, 6.45) is 6.95. The molecule has 3 fully saturated rings. The molecule has 5 heteroatoms. The van der Waals surface area contributed by atoms with Crippen molar-refractivity contribution >= 4 is 11.9 Å². The Morgan fingerprint density at radius 1 is 1.32 bits per heavy atom. The van der Waals surface area contributed by atoms with Crippen molar-refractivity contribution in [3.8, 4) is 0 Å². The molecule has 2 saturated heterocycles. The summed E-state index contributed by atoms with van der Waals surface area (Å²) in [6.45, 7) is 3.89. The summed E-state index contributed by atoms with van der Waals surface area (Å²) >= 11 is 0. The van der Waals surface area contributed by atoms with E-state index in [1.54, 1.807) is 0 Å². The highest BCUT2D eigenvalue weighted by Gasteiger charge is 2.79. The van der Waals surface area contributed by atoms with Crippen molar-refractivity contribution in [2.24, 2.45) is 11.8 Å². The van der Waals surface area contributed by atoms with Crippen LogP contribution in [0.1, 0.15) is 65.2 Å². The first kappa shape index (κ1) is 15.8. The number of aliphatic hydroxyl groups excluding tert-OH is 1. The number of hydrogen-bond donors (Lipinski definition) is 2. The lowest BCUT2D eigenvalue weighted by Gasteiger charge is -2.55. The molecule has 2 N–H and O–H groups in total. The molecule has 1 aliphatic carbocycles. The fourth-order valence-electron chi connectivity index (χ4n) is 4.67. The molecule has 5 nitrogen and oxygen atoms in total. The zero-order valence-electron chi connectivity index (χ0n) is 13.6. The third-order valence-corrected chi connectivity index (χ3v) is 6.10. The van der Waals surface area contributed by atoms with Gasteiger partial charge in [0.05, 0.1) is 12.0 Å². The molecule has 0 bridgehead atoms. The van der Waals surface area contributed by atoms with Gasteiger partial charge in [-0.05, 0) is 32.1 Å². The number of carbonyl (C=O) groups excluding carboxylic acids is 2. The number of unbranched alkanes of at least 4 members (excludes halogenated alkanes) is 1. The van der Waals surface area contributed by atoms with Gasteiger partial charge in [-0.1, -0.05) is 39.0 Å². The van der Waals surface area contributed by atoms with Gasteiger partial charge in [0.1, 0.15) is 0 Å². The standard InChI is InChI=1S/C17H27NO4/c1-3-4-10-12-14(20)18-17(15(21)22-16(12,17)2)13(19)11-8-6-5-7-9-11/h11-13,19H,3-10H2,1-2H3,(H,18,20). The molecule has 3 rings (SSSR count). The molecule has 4 atom stereocenters. The second-order valence-corrected chi connectivity index (χ2v) is 7.33. The quantitative estimate of drug-likeness (QED) is 0.761. The smallest absolute Gasteiger partial charge is 0.339 e. The fraction of sp³-hybridized carbons (Fsp3) is 0.882. The number of esters is 1. The minimum atomic E-state index is -1.22. The Hall–Kier alpha value is -1.10. The van der Waals surface area contributed by atoms with E-state index in [0.29, 0.717) is 6.42 Å². The Morgan fingerprint density at radius 3 is 2.59 bits per heavy atom. The van der Waals surface area contributed by atoms with Crippen molar-refractivity contribution in [2.75, 3.05) is 0 Å². The predicted molar refractivity (Wildman–Crippen MR) is 81.0 cm³/mol. The van der Waals surface area contributed by atoms with Crippen LogP contribution in [0.25, 0.3) is 0 Å². The summed E-state index contributed by atoms with van der Waals surface area (Å²) < 4.78 is 5.46. The number of rotatable bonds is 5. The average molecular weight is 309 g/mol. The molecule has 124 valence electrons. The van der Waals surface area contributed by atoms with Gasteiger partial charge in [-0.3, -0.25) is 4.79 Å². The van der Waals surface area contributed by atoms with Crippen molar-refractivity contribution in [3.05, 3.63) is 0 Å².